The van der Waals surface area contributed by atoms with Gasteiger partial charge in [0.1, 0.15) is 5.52 Å². The first-order chi connectivity index (χ1) is 9.24. The second kappa shape index (κ2) is 4.91. The van der Waals surface area contributed by atoms with Crippen molar-refractivity contribution in [2.24, 2.45) is 5.92 Å². The molecule has 0 amide bonds. The Morgan fingerprint density at radius 3 is 2.89 bits per heavy atom. The molecule has 1 aliphatic rings. The molecule has 5 nitrogen and oxygen atoms in total. The summed E-state index contributed by atoms with van der Waals surface area (Å²) in [6.45, 7) is 0. The van der Waals surface area contributed by atoms with Gasteiger partial charge in [0, 0.05) is 6.04 Å². The summed E-state index contributed by atoms with van der Waals surface area (Å²) in [6, 6.07) is 7.83. The fourth-order valence-corrected chi connectivity index (χ4v) is 2.69. The number of carboxylic acid groups (broad SMARTS) is 1. The molecule has 1 aromatic carbocycles. The van der Waals surface area contributed by atoms with Crippen LogP contribution in [-0.2, 0) is 4.79 Å². The molecule has 0 bridgehead atoms. The van der Waals surface area contributed by atoms with Gasteiger partial charge in [-0.1, -0.05) is 25.0 Å². The van der Waals surface area contributed by atoms with Crippen molar-refractivity contribution in [3.05, 3.63) is 24.3 Å². The zero-order chi connectivity index (χ0) is 13.2. The Hall–Kier alpha value is -2.04. The number of anilines is 1. The van der Waals surface area contributed by atoms with Gasteiger partial charge in [0.2, 0.25) is 0 Å². The molecule has 0 spiro atoms. The molecule has 1 heterocycles. The second-order valence-corrected chi connectivity index (χ2v) is 4.97. The van der Waals surface area contributed by atoms with Crippen molar-refractivity contribution in [1.82, 2.24) is 4.98 Å². The summed E-state index contributed by atoms with van der Waals surface area (Å²) >= 11 is 0. The predicted molar refractivity (Wildman–Crippen MR) is 71.0 cm³/mol. The Morgan fingerprint density at radius 2 is 2.11 bits per heavy atom. The topological polar surface area (TPSA) is 75.4 Å². The highest BCUT2D eigenvalue weighted by molar-refractivity contribution is 5.75. The number of carboxylic acids is 1. The summed E-state index contributed by atoms with van der Waals surface area (Å²) in [7, 11) is 0. The summed E-state index contributed by atoms with van der Waals surface area (Å²) < 4.78 is 5.58. The molecule has 1 saturated carbocycles. The van der Waals surface area contributed by atoms with E-state index < -0.39 is 5.97 Å². The maximum atomic E-state index is 11.2. The Morgan fingerprint density at radius 1 is 1.32 bits per heavy atom. The Bertz CT molecular complexity index is 560. The van der Waals surface area contributed by atoms with Crippen molar-refractivity contribution in [2.45, 2.75) is 31.7 Å². The van der Waals surface area contributed by atoms with Gasteiger partial charge >= 0.3 is 5.97 Å². The molecule has 100 valence electrons. The number of hydrogen-bond donors (Lipinski definition) is 2. The van der Waals surface area contributed by atoms with Gasteiger partial charge in [0.25, 0.3) is 6.01 Å². The zero-order valence-electron chi connectivity index (χ0n) is 10.5. The minimum absolute atomic E-state index is 0.0979. The number of aliphatic carboxylic acids is 1. The Labute approximate surface area is 110 Å². The van der Waals surface area contributed by atoms with E-state index >= 15 is 0 Å². The third-order valence-electron chi connectivity index (χ3n) is 3.69. The quantitative estimate of drug-likeness (QED) is 0.887. The van der Waals surface area contributed by atoms with Crippen LogP contribution in [0.1, 0.15) is 25.7 Å². The molecular weight excluding hydrogens is 244 g/mol. The highest BCUT2D eigenvalue weighted by Crippen LogP contribution is 2.28. The van der Waals surface area contributed by atoms with Crippen molar-refractivity contribution >= 4 is 23.1 Å². The molecule has 0 aliphatic heterocycles. The molecule has 0 radical (unpaired) electrons. The maximum Gasteiger partial charge on any atom is 0.308 e. The van der Waals surface area contributed by atoms with Gasteiger partial charge in [-0.2, -0.15) is 4.98 Å². The van der Waals surface area contributed by atoms with Crippen molar-refractivity contribution in [3.8, 4) is 0 Å². The van der Waals surface area contributed by atoms with Gasteiger partial charge in [-0.05, 0) is 25.0 Å². The Kier molecular flexibility index (Phi) is 3.11. The van der Waals surface area contributed by atoms with Crippen LogP contribution in [0.4, 0.5) is 6.01 Å². The number of para-hydroxylation sites is 2. The minimum atomic E-state index is -0.742. The number of aromatic nitrogens is 1. The second-order valence-electron chi connectivity index (χ2n) is 4.97. The molecule has 1 aliphatic carbocycles. The van der Waals surface area contributed by atoms with Crippen LogP contribution < -0.4 is 5.32 Å². The van der Waals surface area contributed by atoms with E-state index in [0.29, 0.717) is 18.0 Å². The van der Waals surface area contributed by atoms with Gasteiger partial charge in [-0.15, -0.1) is 0 Å². The maximum absolute atomic E-state index is 11.2. The van der Waals surface area contributed by atoms with Gasteiger partial charge in [0.05, 0.1) is 5.92 Å². The Balaban J connectivity index is 1.80. The van der Waals surface area contributed by atoms with E-state index in [0.717, 1.165) is 24.8 Å². The van der Waals surface area contributed by atoms with E-state index in [1.165, 1.54) is 0 Å². The number of oxazole rings is 1. The van der Waals surface area contributed by atoms with Crippen molar-refractivity contribution in [1.29, 1.82) is 0 Å². The van der Waals surface area contributed by atoms with Crippen LogP contribution in [-0.4, -0.2) is 22.1 Å². The average Bonchev–Trinajstić information content (AvgIpc) is 2.81. The van der Waals surface area contributed by atoms with Crippen LogP contribution >= 0.6 is 0 Å². The summed E-state index contributed by atoms with van der Waals surface area (Å²) in [6.07, 6.45) is 3.58. The third kappa shape index (κ3) is 2.41. The van der Waals surface area contributed by atoms with Gasteiger partial charge in [-0.3, -0.25) is 4.79 Å². The van der Waals surface area contributed by atoms with Crippen LogP contribution in [0.3, 0.4) is 0 Å². The van der Waals surface area contributed by atoms with Gasteiger partial charge in [0.15, 0.2) is 5.58 Å². The number of benzene rings is 1. The van der Waals surface area contributed by atoms with E-state index in [1.54, 1.807) is 0 Å². The first-order valence-electron chi connectivity index (χ1n) is 6.59. The number of fused-ring (bicyclic) bond motifs is 1. The van der Waals surface area contributed by atoms with Crippen LogP contribution in [0, 0.1) is 5.92 Å². The summed E-state index contributed by atoms with van der Waals surface area (Å²) in [5.74, 6) is -1.10. The first kappa shape index (κ1) is 12.0. The largest absolute Gasteiger partial charge is 0.481 e. The molecule has 5 heteroatoms. The number of nitrogens with zero attached hydrogens (tertiary/aromatic N) is 1. The van der Waals surface area contributed by atoms with Crippen LogP contribution in [0.15, 0.2) is 28.7 Å². The van der Waals surface area contributed by atoms with Crippen molar-refractivity contribution < 1.29 is 14.3 Å². The molecule has 2 unspecified atom stereocenters. The number of hydrogen-bond acceptors (Lipinski definition) is 4. The smallest absolute Gasteiger partial charge is 0.308 e. The molecule has 2 aromatic rings. The summed E-state index contributed by atoms with van der Waals surface area (Å²) in [5.41, 5.74) is 1.50. The van der Waals surface area contributed by atoms with Crippen LogP contribution in [0.5, 0.6) is 0 Å². The fourth-order valence-electron chi connectivity index (χ4n) is 2.69. The fraction of sp³-hybridized carbons (Fsp3) is 0.429. The molecule has 19 heavy (non-hydrogen) atoms. The van der Waals surface area contributed by atoms with E-state index in [2.05, 4.69) is 10.3 Å². The van der Waals surface area contributed by atoms with Crippen LogP contribution in [0.25, 0.3) is 11.1 Å². The van der Waals surface area contributed by atoms with Crippen LogP contribution in [0.2, 0.25) is 0 Å². The lowest BCUT2D eigenvalue weighted by Gasteiger charge is -2.28. The van der Waals surface area contributed by atoms with Crippen molar-refractivity contribution in [2.75, 3.05) is 5.32 Å². The zero-order valence-corrected chi connectivity index (χ0v) is 10.5. The van der Waals surface area contributed by atoms with E-state index in [4.69, 9.17) is 4.42 Å². The molecule has 2 N–H and O–H groups in total. The molecule has 3 rings (SSSR count). The summed E-state index contributed by atoms with van der Waals surface area (Å²) in [4.78, 5) is 15.6. The lowest BCUT2D eigenvalue weighted by atomic mass is 9.84. The minimum Gasteiger partial charge on any atom is -0.481 e. The lowest BCUT2D eigenvalue weighted by Crippen LogP contribution is -2.37. The average molecular weight is 260 g/mol. The third-order valence-corrected chi connectivity index (χ3v) is 3.69. The molecule has 2 atom stereocenters. The standard InChI is InChI=1S/C14H16N2O3/c17-13(18)9-5-1-2-6-10(9)15-14-16-11-7-3-4-8-12(11)19-14/h3-4,7-10H,1-2,5-6H2,(H,15,16)(H,17,18). The number of rotatable bonds is 3. The lowest BCUT2D eigenvalue weighted by molar-refractivity contribution is -0.143. The summed E-state index contributed by atoms with van der Waals surface area (Å²) in [5, 5.41) is 12.4. The van der Waals surface area contributed by atoms with Gasteiger partial charge < -0.3 is 14.8 Å². The highest BCUT2D eigenvalue weighted by Gasteiger charge is 2.31. The van der Waals surface area contributed by atoms with Crippen molar-refractivity contribution in [3.63, 3.8) is 0 Å². The first-order valence-corrected chi connectivity index (χ1v) is 6.59. The van der Waals surface area contributed by atoms with E-state index in [1.807, 2.05) is 24.3 Å². The SMILES string of the molecule is O=C(O)C1CCCCC1Nc1nc2ccccc2o1. The molecular formula is C14H16N2O3. The number of carbonyl (C=O) groups is 1. The van der Waals surface area contributed by atoms with E-state index in [-0.39, 0.29) is 12.0 Å². The predicted octanol–water partition coefficient (Wildman–Crippen LogP) is 2.88. The number of nitrogens with one attached hydrogen (secondary N) is 1. The normalized spacial score (nSPS) is 23.4. The molecule has 1 aromatic heterocycles. The highest BCUT2D eigenvalue weighted by atomic mass is 16.4. The van der Waals surface area contributed by atoms with Gasteiger partial charge in [-0.25, -0.2) is 0 Å². The van der Waals surface area contributed by atoms with E-state index in [9.17, 15) is 9.90 Å². The molecule has 1 fully saturated rings. The molecule has 0 saturated heterocycles. The monoisotopic (exact) mass is 260 g/mol.